The van der Waals surface area contributed by atoms with E-state index in [-0.39, 0.29) is 12.6 Å². The molecule has 4 rings (SSSR count). The van der Waals surface area contributed by atoms with Crippen molar-refractivity contribution in [1.29, 1.82) is 0 Å². The van der Waals surface area contributed by atoms with Crippen molar-refractivity contribution in [3.63, 3.8) is 0 Å². The van der Waals surface area contributed by atoms with Gasteiger partial charge in [-0.05, 0) is 58.8 Å². The number of thiophene rings is 1. The van der Waals surface area contributed by atoms with Crippen molar-refractivity contribution in [2.24, 2.45) is 0 Å². The summed E-state index contributed by atoms with van der Waals surface area (Å²) >= 11 is 7.66. The molecular weight excluding hydrogens is 446 g/mol. The zero-order valence-corrected chi connectivity index (χ0v) is 19.9. The van der Waals surface area contributed by atoms with Gasteiger partial charge < -0.3 is 19.3 Å². The lowest BCUT2D eigenvalue weighted by atomic mass is 9.90. The Morgan fingerprint density at radius 1 is 1.12 bits per heavy atom. The van der Waals surface area contributed by atoms with E-state index < -0.39 is 6.10 Å². The SMILES string of the molecule is COc1cc2c(cc1OC)[C@@H](c1cccs1)N(C[C@H](O)COCc1ccc(Cl)cc1)CC2. The number of halogens is 1. The average molecular weight is 474 g/mol. The molecule has 0 amide bonds. The van der Waals surface area contributed by atoms with Crippen molar-refractivity contribution < 1.29 is 19.3 Å². The maximum Gasteiger partial charge on any atom is 0.161 e. The number of β-amino-alcohol motifs (C(OH)–C–C–N with tert-alkyl or cyclic N) is 1. The third-order valence-electron chi connectivity index (χ3n) is 5.72. The highest BCUT2D eigenvalue weighted by atomic mass is 35.5. The molecule has 0 saturated carbocycles. The minimum absolute atomic E-state index is 0.0597. The molecule has 2 heterocycles. The van der Waals surface area contributed by atoms with Gasteiger partial charge in [0, 0.05) is 23.0 Å². The molecule has 2 atom stereocenters. The molecule has 0 bridgehead atoms. The summed E-state index contributed by atoms with van der Waals surface area (Å²) < 4.78 is 16.8. The van der Waals surface area contributed by atoms with Gasteiger partial charge in [0.25, 0.3) is 0 Å². The highest BCUT2D eigenvalue weighted by Gasteiger charge is 2.32. The minimum Gasteiger partial charge on any atom is -0.493 e. The van der Waals surface area contributed by atoms with Crippen LogP contribution in [-0.2, 0) is 17.8 Å². The Labute approximate surface area is 198 Å². The predicted molar refractivity (Wildman–Crippen MR) is 128 cm³/mol. The molecule has 0 unspecified atom stereocenters. The van der Waals surface area contributed by atoms with Gasteiger partial charge in [-0.15, -0.1) is 11.3 Å². The molecule has 1 aromatic heterocycles. The van der Waals surface area contributed by atoms with Crippen LogP contribution in [0.3, 0.4) is 0 Å². The fourth-order valence-electron chi connectivity index (χ4n) is 4.19. The molecule has 1 N–H and O–H groups in total. The summed E-state index contributed by atoms with van der Waals surface area (Å²) in [4.78, 5) is 3.57. The van der Waals surface area contributed by atoms with E-state index in [2.05, 4.69) is 34.5 Å². The third-order valence-corrected chi connectivity index (χ3v) is 6.90. The highest BCUT2D eigenvalue weighted by molar-refractivity contribution is 7.10. The first-order valence-corrected chi connectivity index (χ1v) is 11.9. The van der Waals surface area contributed by atoms with Crippen molar-refractivity contribution >= 4 is 22.9 Å². The lowest BCUT2D eigenvalue weighted by Gasteiger charge is -2.38. The average Bonchev–Trinajstić information content (AvgIpc) is 3.33. The number of hydrogen-bond donors (Lipinski definition) is 1. The maximum atomic E-state index is 10.7. The van der Waals surface area contributed by atoms with E-state index in [0.29, 0.717) is 18.2 Å². The second-order valence-electron chi connectivity index (χ2n) is 7.86. The van der Waals surface area contributed by atoms with Gasteiger partial charge in [0.05, 0.1) is 39.6 Å². The molecule has 0 aliphatic carbocycles. The van der Waals surface area contributed by atoms with Crippen LogP contribution in [0.2, 0.25) is 5.02 Å². The second-order valence-corrected chi connectivity index (χ2v) is 9.28. The second kappa shape index (κ2) is 10.7. The topological polar surface area (TPSA) is 51.2 Å². The number of benzene rings is 2. The van der Waals surface area contributed by atoms with Crippen LogP contribution in [0.15, 0.2) is 53.9 Å². The zero-order chi connectivity index (χ0) is 22.5. The Bertz CT molecular complexity index is 1010. The molecule has 1 aliphatic heterocycles. The van der Waals surface area contributed by atoms with Crippen molar-refractivity contribution in [3.05, 3.63) is 80.5 Å². The number of aliphatic hydroxyl groups is 1. The molecule has 5 nitrogen and oxygen atoms in total. The van der Waals surface area contributed by atoms with E-state index in [1.807, 2.05) is 24.3 Å². The van der Waals surface area contributed by atoms with Crippen LogP contribution in [-0.4, -0.2) is 50.0 Å². The summed E-state index contributed by atoms with van der Waals surface area (Å²) in [5.41, 5.74) is 3.49. The Morgan fingerprint density at radius 2 is 1.88 bits per heavy atom. The summed E-state index contributed by atoms with van der Waals surface area (Å²) in [6.07, 6.45) is 0.294. The van der Waals surface area contributed by atoms with Gasteiger partial charge in [-0.3, -0.25) is 4.90 Å². The van der Waals surface area contributed by atoms with Crippen LogP contribution in [0.25, 0.3) is 0 Å². The zero-order valence-electron chi connectivity index (χ0n) is 18.3. The normalized spacial score (nSPS) is 17.1. The van der Waals surface area contributed by atoms with Crippen molar-refractivity contribution in [2.45, 2.75) is 25.2 Å². The first kappa shape index (κ1) is 23.1. The van der Waals surface area contributed by atoms with Crippen LogP contribution in [0, 0.1) is 0 Å². The van der Waals surface area contributed by atoms with Gasteiger partial charge in [0.1, 0.15) is 0 Å². The van der Waals surface area contributed by atoms with Crippen LogP contribution in [0.5, 0.6) is 11.5 Å². The minimum atomic E-state index is -0.591. The van der Waals surface area contributed by atoms with Crippen LogP contribution in [0.1, 0.15) is 27.6 Å². The molecule has 3 aromatic rings. The summed E-state index contributed by atoms with van der Waals surface area (Å²) in [5.74, 6) is 1.47. The fraction of sp³-hybridized carbons (Fsp3) is 0.360. The van der Waals surface area contributed by atoms with Gasteiger partial charge in [0.15, 0.2) is 11.5 Å². The number of hydrogen-bond acceptors (Lipinski definition) is 6. The lowest BCUT2D eigenvalue weighted by molar-refractivity contribution is 0.00401. The summed E-state index contributed by atoms with van der Waals surface area (Å²) in [6, 6.07) is 16.0. The molecule has 1 aliphatic rings. The molecular formula is C25H28ClNO4S. The van der Waals surface area contributed by atoms with E-state index in [9.17, 15) is 5.11 Å². The number of aliphatic hydroxyl groups excluding tert-OH is 1. The number of ether oxygens (including phenoxy) is 3. The Balaban J connectivity index is 1.47. The quantitative estimate of drug-likeness (QED) is 0.477. The molecule has 0 fully saturated rings. The smallest absolute Gasteiger partial charge is 0.161 e. The standard InChI is InChI=1S/C25H28ClNO4S/c1-29-22-12-18-9-10-27(14-20(28)16-31-15-17-5-7-19(26)8-6-17)25(24-4-3-11-32-24)21(18)13-23(22)30-2/h3-8,11-13,20,25,28H,9-10,14-16H2,1-2H3/t20-,25-/m0/s1. The molecule has 170 valence electrons. The van der Waals surface area contributed by atoms with Crippen molar-refractivity contribution in [3.8, 4) is 11.5 Å². The largest absolute Gasteiger partial charge is 0.493 e. The van der Waals surface area contributed by atoms with Crippen LogP contribution in [0.4, 0.5) is 0 Å². The Hall–Kier alpha value is -2.09. The third kappa shape index (κ3) is 5.27. The van der Waals surface area contributed by atoms with Crippen molar-refractivity contribution in [2.75, 3.05) is 33.9 Å². The number of fused-ring (bicyclic) bond motifs is 1. The van der Waals surface area contributed by atoms with E-state index in [0.717, 1.165) is 30.0 Å². The Kier molecular flexibility index (Phi) is 7.71. The van der Waals surface area contributed by atoms with Gasteiger partial charge in [-0.2, -0.15) is 0 Å². The molecule has 0 radical (unpaired) electrons. The number of nitrogens with zero attached hydrogens (tertiary/aromatic N) is 1. The molecule has 0 saturated heterocycles. The summed E-state index contributed by atoms with van der Waals surface area (Å²) in [6.45, 7) is 2.09. The lowest BCUT2D eigenvalue weighted by Crippen LogP contribution is -2.41. The van der Waals surface area contributed by atoms with Crippen LogP contribution >= 0.6 is 22.9 Å². The maximum absolute atomic E-state index is 10.7. The van der Waals surface area contributed by atoms with Crippen molar-refractivity contribution in [1.82, 2.24) is 4.90 Å². The van der Waals surface area contributed by atoms with Gasteiger partial charge >= 0.3 is 0 Å². The van der Waals surface area contributed by atoms with E-state index in [1.54, 1.807) is 25.6 Å². The van der Waals surface area contributed by atoms with Crippen LogP contribution < -0.4 is 9.47 Å². The number of methoxy groups -OCH3 is 2. The fourth-order valence-corrected chi connectivity index (χ4v) is 5.19. The van der Waals surface area contributed by atoms with Gasteiger partial charge in [0.2, 0.25) is 0 Å². The predicted octanol–water partition coefficient (Wildman–Crippen LogP) is 4.94. The van der Waals surface area contributed by atoms with E-state index in [1.165, 1.54) is 16.0 Å². The molecule has 7 heteroatoms. The Morgan fingerprint density at radius 3 is 2.56 bits per heavy atom. The van der Waals surface area contributed by atoms with Gasteiger partial charge in [-0.25, -0.2) is 0 Å². The summed E-state index contributed by atoms with van der Waals surface area (Å²) in [7, 11) is 3.32. The van der Waals surface area contributed by atoms with E-state index in [4.69, 9.17) is 25.8 Å². The highest BCUT2D eigenvalue weighted by Crippen LogP contribution is 2.42. The molecule has 0 spiro atoms. The van der Waals surface area contributed by atoms with Gasteiger partial charge in [-0.1, -0.05) is 29.8 Å². The first-order chi connectivity index (χ1) is 15.6. The summed E-state index contributed by atoms with van der Waals surface area (Å²) in [5, 5.41) is 13.5. The monoisotopic (exact) mass is 473 g/mol. The first-order valence-electron chi connectivity index (χ1n) is 10.6. The van der Waals surface area contributed by atoms with E-state index >= 15 is 0 Å². The molecule has 2 aromatic carbocycles. The molecule has 32 heavy (non-hydrogen) atoms. The number of rotatable bonds is 9.